The molecule has 1 aliphatic rings. The Balaban J connectivity index is 1.77. The summed E-state index contributed by atoms with van der Waals surface area (Å²) in [5, 5.41) is 14.6. The van der Waals surface area contributed by atoms with Crippen LogP contribution in [0.25, 0.3) is 0 Å². The van der Waals surface area contributed by atoms with Gasteiger partial charge in [0.25, 0.3) is 5.69 Å². The molecule has 1 aliphatic heterocycles. The van der Waals surface area contributed by atoms with Gasteiger partial charge in [0, 0.05) is 29.9 Å². The Kier molecular flexibility index (Phi) is 5.02. The van der Waals surface area contributed by atoms with Gasteiger partial charge in [-0.3, -0.25) is 10.1 Å². The number of para-hydroxylation sites is 1. The van der Waals surface area contributed by atoms with E-state index in [1.807, 2.05) is 35.2 Å². The largest absolute Gasteiger partial charge is 0.354 e. The first-order valence-electron chi connectivity index (χ1n) is 7.64. The molecule has 0 aromatic heterocycles. The monoisotopic (exact) mass is 343 g/mol. The molecule has 7 heteroatoms. The highest BCUT2D eigenvalue weighted by Crippen LogP contribution is 2.28. The van der Waals surface area contributed by atoms with E-state index in [9.17, 15) is 10.1 Å². The Bertz CT molecular complexity index is 722. The molecule has 0 aliphatic carbocycles. The number of non-ortho nitro benzene ring substituents is 1. The normalized spacial score (nSPS) is 17.3. The van der Waals surface area contributed by atoms with Crippen LogP contribution >= 0.6 is 12.2 Å². The lowest BCUT2D eigenvalue weighted by Gasteiger charge is -2.37. The van der Waals surface area contributed by atoms with Crippen LogP contribution in [0, 0.1) is 10.1 Å². The molecule has 2 aromatic rings. The van der Waals surface area contributed by atoms with Gasteiger partial charge in [0.2, 0.25) is 0 Å². The average molecular weight is 343 g/mol. The molecule has 3 rings (SSSR count). The third-order valence-corrected chi connectivity index (χ3v) is 4.11. The molecular weight excluding hydrogens is 326 g/mol. The van der Waals surface area contributed by atoms with Gasteiger partial charge in [-0.25, -0.2) is 0 Å². The fourth-order valence-electron chi connectivity index (χ4n) is 2.60. The van der Waals surface area contributed by atoms with E-state index in [0.29, 0.717) is 11.7 Å². The van der Waals surface area contributed by atoms with Crippen LogP contribution in [0.4, 0.5) is 11.4 Å². The molecule has 124 valence electrons. The average Bonchev–Trinajstić information content (AvgIpc) is 2.62. The van der Waals surface area contributed by atoms with Gasteiger partial charge in [-0.15, -0.1) is 0 Å². The van der Waals surface area contributed by atoms with Gasteiger partial charge in [-0.05, 0) is 42.9 Å². The van der Waals surface area contributed by atoms with E-state index in [2.05, 4.69) is 5.32 Å². The van der Waals surface area contributed by atoms with Crippen molar-refractivity contribution in [1.29, 1.82) is 0 Å². The van der Waals surface area contributed by atoms with Crippen LogP contribution in [0.15, 0.2) is 54.6 Å². The lowest BCUT2D eigenvalue weighted by atomic mass is 10.1. The summed E-state index contributed by atoms with van der Waals surface area (Å²) >= 11 is 5.53. The number of rotatable bonds is 3. The van der Waals surface area contributed by atoms with Crippen LogP contribution in [-0.4, -0.2) is 28.1 Å². The second-order valence-electron chi connectivity index (χ2n) is 5.41. The third-order valence-electron chi connectivity index (χ3n) is 3.78. The molecule has 0 amide bonds. The highest BCUT2D eigenvalue weighted by Gasteiger charge is 2.27. The second kappa shape index (κ2) is 7.37. The lowest BCUT2D eigenvalue weighted by molar-refractivity contribution is -0.384. The van der Waals surface area contributed by atoms with E-state index >= 15 is 0 Å². The van der Waals surface area contributed by atoms with Crippen molar-refractivity contribution < 1.29 is 9.66 Å². The van der Waals surface area contributed by atoms with Crippen molar-refractivity contribution in [2.45, 2.75) is 12.6 Å². The first kappa shape index (κ1) is 16.4. The number of hydrogen-bond acceptors (Lipinski definition) is 4. The number of anilines is 1. The standard InChI is InChI=1S/C17H17N3O3S/c21-20(22)15-9-7-13(8-10-15)16-19(11-4-12-23-16)17(24)18-14-5-2-1-3-6-14/h1-3,5-10,16H,4,11-12H2,(H,18,24)/t16-/m1/s1. The Morgan fingerprint density at radius 2 is 1.92 bits per heavy atom. The van der Waals surface area contributed by atoms with Crippen LogP contribution in [0.2, 0.25) is 0 Å². The van der Waals surface area contributed by atoms with E-state index in [-0.39, 0.29) is 11.9 Å². The molecule has 1 saturated heterocycles. The van der Waals surface area contributed by atoms with Crippen molar-refractivity contribution in [3.8, 4) is 0 Å². The van der Waals surface area contributed by atoms with Crippen molar-refractivity contribution in [2.24, 2.45) is 0 Å². The predicted molar refractivity (Wildman–Crippen MR) is 95.8 cm³/mol. The van der Waals surface area contributed by atoms with Crippen molar-refractivity contribution in [2.75, 3.05) is 18.5 Å². The Hall–Kier alpha value is -2.51. The van der Waals surface area contributed by atoms with Crippen LogP contribution in [-0.2, 0) is 4.74 Å². The third kappa shape index (κ3) is 3.69. The van der Waals surface area contributed by atoms with Gasteiger partial charge in [-0.2, -0.15) is 0 Å². The van der Waals surface area contributed by atoms with Crippen LogP contribution in [0.1, 0.15) is 18.2 Å². The minimum atomic E-state index is -0.412. The summed E-state index contributed by atoms with van der Waals surface area (Å²) in [6.07, 6.45) is 0.531. The van der Waals surface area contributed by atoms with Crippen LogP contribution in [0.3, 0.4) is 0 Å². The topological polar surface area (TPSA) is 67.6 Å². The Morgan fingerprint density at radius 3 is 2.58 bits per heavy atom. The van der Waals surface area contributed by atoms with E-state index < -0.39 is 4.92 Å². The summed E-state index contributed by atoms with van der Waals surface area (Å²) in [4.78, 5) is 12.4. The van der Waals surface area contributed by atoms with Gasteiger partial charge in [0.05, 0.1) is 11.5 Å². The van der Waals surface area contributed by atoms with E-state index in [4.69, 9.17) is 17.0 Å². The van der Waals surface area contributed by atoms with Gasteiger partial charge in [-0.1, -0.05) is 18.2 Å². The predicted octanol–water partition coefficient (Wildman–Crippen LogP) is 3.71. The lowest BCUT2D eigenvalue weighted by Crippen LogP contribution is -2.43. The number of ether oxygens (including phenoxy) is 1. The highest BCUT2D eigenvalue weighted by molar-refractivity contribution is 7.80. The van der Waals surface area contributed by atoms with Gasteiger partial charge >= 0.3 is 0 Å². The number of nitro groups is 1. The minimum Gasteiger partial charge on any atom is -0.354 e. The molecule has 24 heavy (non-hydrogen) atoms. The zero-order chi connectivity index (χ0) is 16.9. The van der Waals surface area contributed by atoms with Gasteiger partial charge < -0.3 is 15.0 Å². The summed E-state index contributed by atoms with van der Waals surface area (Å²) in [5.74, 6) is 0. The summed E-state index contributed by atoms with van der Waals surface area (Å²) < 4.78 is 5.86. The summed E-state index contributed by atoms with van der Waals surface area (Å²) in [5.41, 5.74) is 1.82. The summed E-state index contributed by atoms with van der Waals surface area (Å²) in [6, 6.07) is 16.1. The molecule has 0 unspecified atom stereocenters. The minimum absolute atomic E-state index is 0.0612. The number of hydrogen-bond donors (Lipinski definition) is 1. The number of nitro benzene ring substituents is 1. The molecule has 1 atom stereocenters. The Morgan fingerprint density at radius 1 is 1.21 bits per heavy atom. The molecular formula is C17H17N3O3S. The quantitative estimate of drug-likeness (QED) is 0.520. The number of nitrogens with zero attached hydrogens (tertiary/aromatic N) is 2. The van der Waals surface area contributed by atoms with Gasteiger partial charge in [0.15, 0.2) is 11.3 Å². The molecule has 1 N–H and O–H groups in total. The maximum atomic E-state index is 10.8. The van der Waals surface area contributed by atoms with Crippen LogP contribution in [0.5, 0.6) is 0 Å². The maximum absolute atomic E-state index is 10.8. The first-order chi connectivity index (χ1) is 11.6. The second-order valence-corrected chi connectivity index (χ2v) is 5.80. The van der Waals surface area contributed by atoms with Crippen molar-refractivity contribution >= 4 is 28.7 Å². The molecule has 0 radical (unpaired) electrons. The fraction of sp³-hybridized carbons (Fsp3) is 0.235. The van der Waals surface area contributed by atoms with E-state index in [1.165, 1.54) is 12.1 Å². The summed E-state index contributed by atoms with van der Waals surface area (Å²) in [7, 11) is 0. The van der Waals surface area contributed by atoms with Crippen LogP contribution < -0.4 is 5.32 Å². The zero-order valence-corrected chi connectivity index (χ0v) is 13.7. The molecule has 2 aromatic carbocycles. The van der Waals surface area contributed by atoms with Crippen molar-refractivity contribution in [1.82, 2.24) is 4.90 Å². The SMILES string of the molecule is O=[N+]([O-])c1ccc([C@H]2OCCCN2C(=S)Nc2ccccc2)cc1. The molecule has 0 saturated carbocycles. The molecule has 1 fully saturated rings. The Labute approximate surface area is 145 Å². The molecule has 1 heterocycles. The van der Waals surface area contributed by atoms with E-state index in [1.54, 1.807) is 12.1 Å². The van der Waals surface area contributed by atoms with Gasteiger partial charge in [0.1, 0.15) is 0 Å². The molecule has 0 bridgehead atoms. The number of nitrogens with one attached hydrogen (secondary N) is 1. The maximum Gasteiger partial charge on any atom is 0.269 e. The smallest absolute Gasteiger partial charge is 0.269 e. The fourth-order valence-corrected chi connectivity index (χ4v) is 2.90. The molecule has 6 nitrogen and oxygen atoms in total. The molecule has 0 spiro atoms. The van der Waals surface area contributed by atoms with Crippen molar-refractivity contribution in [3.05, 3.63) is 70.3 Å². The number of benzene rings is 2. The zero-order valence-electron chi connectivity index (χ0n) is 12.9. The first-order valence-corrected chi connectivity index (χ1v) is 8.04. The highest BCUT2D eigenvalue weighted by atomic mass is 32.1. The van der Waals surface area contributed by atoms with Crippen molar-refractivity contribution in [3.63, 3.8) is 0 Å². The number of thiocarbonyl (C=S) groups is 1. The summed E-state index contributed by atoms with van der Waals surface area (Å²) in [6.45, 7) is 1.40. The van der Waals surface area contributed by atoms with E-state index in [0.717, 1.165) is 24.2 Å².